The normalized spacial score (nSPS) is 23.1. The molecule has 0 bridgehead atoms. The maximum atomic E-state index is 3.70. The zero-order valence-electron chi connectivity index (χ0n) is 22.8. The van der Waals surface area contributed by atoms with Gasteiger partial charge < -0.3 is 0 Å². The smallest absolute Gasteiger partial charge is 0.00631 e. The van der Waals surface area contributed by atoms with E-state index in [1.165, 1.54) is 122 Å². The maximum Gasteiger partial charge on any atom is -0.00631 e. The molecular weight excluding hydrogens is 415 g/mol. The summed E-state index contributed by atoms with van der Waals surface area (Å²) in [5, 5.41) is 0.572. The third-order valence-corrected chi connectivity index (χ3v) is 11.7. The molecule has 3 fully saturated rings. The molecule has 0 heterocycles. The van der Waals surface area contributed by atoms with Crippen LogP contribution >= 0.6 is 9.24 Å². The molecule has 3 aliphatic carbocycles. The molecule has 1 heteroatoms. The summed E-state index contributed by atoms with van der Waals surface area (Å²) in [6.07, 6.45) is 39.3. The molecule has 2 atom stereocenters. The summed E-state index contributed by atoms with van der Waals surface area (Å²) < 4.78 is 0. The second-order valence-corrected chi connectivity index (χ2v) is 13.6. The fourth-order valence-corrected chi connectivity index (χ4v) is 9.53. The molecule has 0 spiro atoms. The fraction of sp³-hybridized carbons (Fsp3) is 1.00. The van der Waals surface area contributed by atoms with Gasteiger partial charge in [-0.05, 0) is 60.9 Å². The summed E-state index contributed by atoms with van der Waals surface area (Å²) in [7, 11) is 3.70. The molecule has 2 unspecified atom stereocenters. The first-order chi connectivity index (χ1) is 16.3. The third-order valence-electron chi connectivity index (χ3n) is 10.4. The van der Waals surface area contributed by atoms with E-state index in [1.54, 1.807) is 44.9 Å². The van der Waals surface area contributed by atoms with Gasteiger partial charge in [0.25, 0.3) is 0 Å². The van der Waals surface area contributed by atoms with Gasteiger partial charge in [-0.3, -0.25) is 0 Å². The first-order valence-corrected chi connectivity index (χ1v) is 16.6. The van der Waals surface area contributed by atoms with E-state index < -0.39 is 0 Å². The van der Waals surface area contributed by atoms with E-state index in [9.17, 15) is 0 Å². The van der Waals surface area contributed by atoms with Crippen molar-refractivity contribution >= 4 is 9.24 Å². The molecule has 3 rings (SSSR count). The van der Waals surface area contributed by atoms with Gasteiger partial charge in [0.2, 0.25) is 0 Å². The molecule has 0 saturated heterocycles. The monoisotopic (exact) mass is 476 g/mol. The Morgan fingerprint density at radius 2 is 0.939 bits per heavy atom. The van der Waals surface area contributed by atoms with Crippen LogP contribution in [0, 0.1) is 23.7 Å². The Morgan fingerprint density at radius 3 is 1.39 bits per heavy atom. The number of hydrogen-bond donors (Lipinski definition) is 0. The summed E-state index contributed by atoms with van der Waals surface area (Å²) in [6.45, 7) is 2.33. The summed E-state index contributed by atoms with van der Waals surface area (Å²) in [6, 6.07) is 0. The Labute approximate surface area is 211 Å². The van der Waals surface area contributed by atoms with Crippen LogP contribution in [-0.4, -0.2) is 5.16 Å². The van der Waals surface area contributed by atoms with E-state index in [1.807, 2.05) is 0 Å². The molecule has 3 saturated carbocycles. The van der Waals surface area contributed by atoms with Crippen molar-refractivity contribution in [3.63, 3.8) is 0 Å². The summed E-state index contributed by atoms with van der Waals surface area (Å²) in [5.74, 6) is 4.06. The van der Waals surface area contributed by atoms with E-state index in [2.05, 4.69) is 16.2 Å². The predicted molar refractivity (Wildman–Crippen MR) is 152 cm³/mol. The van der Waals surface area contributed by atoms with Crippen LogP contribution < -0.4 is 0 Å². The van der Waals surface area contributed by atoms with Crippen molar-refractivity contribution in [1.82, 2.24) is 0 Å². The highest BCUT2D eigenvalue weighted by Crippen LogP contribution is 2.57. The number of hydrogen-bond acceptors (Lipinski definition) is 0. The van der Waals surface area contributed by atoms with Gasteiger partial charge in [0.05, 0.1) is 0 Å². The van der Waals surface area contributed by atoms with Gasteiger partial charge >= 0.3 is 0 Å². The van der Waals surface area contributed by atoms with Crippen molar-refractivity contribution in [2.75, 3.05) is 0 Å². The van der Waals surface area contributed by atoms with Gasteiger partial charge in [0, 0.05) is 0 Å². The standard InChI is InChI=1S/C32H61P/c1-2-3-4-5-6-7-8-9-10-20-27-31(28-21-14-11-15-22-28)32(33,29-23-16-12-17-24-29)30-25-18-13-19-26-30/h28-31H,2-27,33H2,1H3. The highest BCUT2D eigenvalue weighted by molar-refractivity contribution is 7.19. The quantitative estimate of drug-likeness (QED) is 0.163. The Balaban J connectivity index is 1.57. The van der Waals surface area contributed by atoms with Crippen molar-refractivity contribution in [3.8, 4) is 0 Å². The van der Waals surface area contributed by atoms with Crippen LogP contribution in [0.2, 0.25) is 0 Å². The molecule has 0 radical (unpaired) electrons. The number of rotatable bonds is 15. The van der Waals surface area contributed by atoms with Crippen molar-refractivity contribution in [3.05, 3.63) is 0 Å². The molecule has 194 valence electrons. The Bertz CT molecular complexity index is 449. The van der Waals surface area contributed by atoms with E-state index in [-0.39, 0.29) is 0 Å². The zero-order chi connectivity index (χ0) is 23.2. The minimum Gasteiger partial charge on any atom is -0.130 e. The molecule has 3 aliphatic rings. The lowest BCUT2D eigenvalue weighted by Gasteiger charge is -2.54. The Kier molecular flexibility index (Phi) is 13.8. The van der Waals surface area contributed by atoms with Crippen molar-refractivity contribution in [2.45, 2.75) is 179 Å². The summed E-state index contributed by atoms with van der Waals surface area (Å²) in [5.41, 5.74) is 0. The molecule has 0 N–H and O–H groups in total. The second kappa shape index (κ2) is 16.2. The first kappa shape index (κ1) is 28.0. The van der Waals surface area contributed by atoms with Crippen LogP contribution in [0.1, 0.15) is 174 Å². The molecule has 0 aromatic carbocycles. The Hall–Kier alpha value is 0.430. The second-order valence-electron chi connectivity index (χ2n) is 12.6. The van der Waals surface area contributed by atoms with E-state index in [0.29, 0.717) is 5.16 Å². The molecule has 0 nitrogen and oxygen atoms in total. The van der Waals surface area contributed by atoms with Crippen LogP contribution in [0.25, 0.3) is 0 Å². The summed E-state index contributed by atoms with van der Waals surface area (Å²) >= 11 is 0. The largest absolute Gasteiger partial charge is 0.130 e. The van der Waals surface area contributed by atoms with Crippen LogP contribution in [-0.2, 0) is 0 Å². The van der Waals surface area contributed by atoms with Crippen LogP contribution in [0.4, 0.5) is 0 Å². The van der Waals surface area contributed by atoms with Gasteiger partial charge in [0.1, 0.15) is 0 Å². The highest BCUT2D eigenvalue weighted by Gasteiger charge is 2.49. The number of unbranched alkanes of at least 4 members (excludes halogenated alkanes) is 9. The predicted octanol–water partition coefficient (Wildman–Crippen LogP) is 11.3. The SMILES string of the molecule is CCCCCCCCCCCCC(C1CCCCC1)C(P)(C1CCCCC1)C1CCCCC1. The highest BCUT2D eigenvalue weighted by atomic mass is 31.0. The molecule has 0 amide bonds. The third kappa shape index (κ3) is 8.80. The van der Waals surface area contributed by atoms with Crippen LogP contribution in [0.5, 0.6) is 0 Å². The lowest BCUT2D eigenvalue weighted by molar-refractivity contribution is 0.0663. The molecule has 0 aromatic heterocycles. The Morgan fingerprint density at radius 1 is 0.545 bits per heavy atom. The average molecular weight is 477 g/mol. The first-order valence-electron chi connectivity index (χ1n) is 16.1. The zero-order valence-corrected chi connectivity index (χ0v) is 23.9. The van der Waals surface area contributed by atoms with Crippen LogP contribution in [0.15, 0.2) is 0 Å². The van der Waals surface area contributed by atoms with Crippen LogP contribution in [0.3, 0.4) is 0 Å². The van der Waals surface area contributed by atoms with Gasteiger partial charge in [-0.25, -0.2) is 0 Å². The van der Waals surface area contributed by atoms with Gasteiger partial charge in [-0.1, -0.05) is 142 Å². The molecule has 0 aliphatic heterocycles. The molecular formula is C32H61P. The lowest BCUT2D eigenvalue weighted by Crippen LogP contribution is -2.50. The van der Waals surface area contributed by atoms with Gasteiger partial charge in [0.15, 0.2) is 0 Å². The van der Waals surface area contributed by atoms with E-state index in [4.69, 9.17) is 0 Å². The average Bonchev–Trinajstić information content (AvgIpc) is 2.88. The van der Waals surface area contributed by atoms with Gasteiger partial charge in [-0.15, -0.1) is 9.24 Å². The van der Waals surface area contributed by atoms with E-state index in [0.717, 1.165) is 23.7 Å². The van der Waals surface area contributed by atoms with Crippen molar-refractivity contribution in [2.24, 2.45) is 23.7 Å². The van der Waals surface area contributed by atoms with Crippen molar-refractivity contribution < 1.29 is 0 Å². The maximum absolute atomic E-state index is 3.70. The molecule has 33 heavy (non-hydrogen) atoms. The lowest BCUT2D eigenvalue weighted by atomic mass is 9.58. The summed E-state index contributed by atoms with van der Waals surface area (Å²) in [4.78, 5) is 0. The topological polar surface area (TPSA) is 0 Å². The van der Waals surface area contributed by atoms with Gasteiger partial charge in [-0.2, -0.15) is 0 Å². The minimum absolute atomic E-state index is 0.572. The minimum atomic E-state index is 0.572. The van der Waals surface area contributed by atoms with Crippen molar-refractivity contribution in [1.29, 1.82) is 0 Å². The van der Waals surface area contributed by atoms with E-state index >= 15 is 0 Å². The fourth-order valence-electron chi connectivity index (χ4n) is 8.43. The molecule has 0 aromatic rings.